The van der Waals surface area contributed by atoms with E-state index in [1.165, 1.54) is 6.07 Å². The van der Waals surface area contributed by atoms with Gasteiger partial charge in [-0.2, -0.15) is 13.2 Å². The molecule has 1 radical (unpaired) electrons. The van der Waals surface area contributed by atoms with Crippen molar-refractivity contribution >= 4 is 0 Å². The van der Waals surface area contributed by atoms with Crippen LogP contribution < -0.4 is 0 Å². The zero-order chi connectivity index (χ0) is 14.0. The molecule has 0 aromatic heterocycles. The van der Waals surface area contributed by atoms with E-state index in [2.05, 4.69) is 6.92 Å². The van der Waals surface area contributed by atoms with Gasteiger partial charge in [0.15, 0.2) is 0 Å². The quantitative estimate of drug-likeness (QED) is 0.870. The number of aliphatic hydroxyl groups excluding tert-OH is 1. The van der Waals surface area contributed by atoms with E-state index in [4.69, 9.17) is 0 Å². The normalized spacial score (nSPS) is 14.6. The van der Waals surface area contributed by atoms with Crippen LogP contribution in [0.3, 0.4) is 0 Å². The molecule has 1 atom stereocenters. The minimum Gasteiger partial charge on any atom is -0.393 e. The minimum absolute atomic E-state index is 0.339. The Bertz CT molecular complexity index is 396. The van der Waals surface area contributed by atoms with Crippen LogP contribution in [-0.2, 0) is 12.6 Å². The number of alkyl halides is 3. The van der Waals surface area contributed by atoms with Crippen molar-refractivity contribution in [1.82, 2.24) is 0 Å². The fourth-order valence-corrected chi connectivity index (χ4v) is 1.89. The number of aliphatic hydroxyl groups is 1. The van der Waals surface area contributed by atoms with Gasteiger partial charge in [-0.3, -0.25) is 0 Å². The average Bonchev–Trinajstić information content (AvgIpc) is 2.26. The maximum absolute atomic E-state index is 12.6. The summed E-state index contributed by atoms with van der Waals surface area (Å²) in [5.74, 6) is 0. The number of benzene rings is 1. The second kappa shape index (κ2) is 5.31. The molecule has 0 saturated carbocycles. The van der Waals surface area contributed by atoms with Gasteiger partial charge in [0.2, 0.25) is 0 Å². The number of hydrogen-bond acceptors (Lipinski definition) is 1. The van der Waals surface area contributed by atoms with Crippen molar-refractivity contribution in [2.75, 3.05) is 0 Å². The van der Waals surface area contributed by atoms with Gasteiger partial charge in [0.1, 0.15) is 0 Å². The van der Waals surface area contributed by atoms with Gasteiger partial charge in [-0.1, -0.05) is 39.0 Å². The van der Waals surface area contributed by atoms with E-state index in [9.17, 15) is 18.3 Å². The molecule has 0 saturated heterocycles. The van der Waals surface area contributed by atoms with Crippen LogP contribution in [-0.4, -0.2) is 11.2 Å². The van der Waals surface area contributed by atoms with Crippen LogP contribution >= 0.6 is 0 Å². The van der Waals surface area contributed by atoms with Crippen LogP contribution in [0.5, 0.6) is 0 Å². The summed E-state index contributed by atoms with van der Waals surface area (Å²) in [5.41, 5.74) is -0.575. The van der Waals surface area contributed by atoms with Gasteiger partial charge in [-0.05, 0) is 29.9 Å². The van der Waals surface area contributed by atoms with E-state index in [-0.39, 0.29) is 0 Å². The van der Waals surface area contributed by atoms with E-state index < -0.39 is 23.3 Å². The molecular weight excluding hydrogens is 241 g/mol. The Hall–Kier alpha value is -1.03. The van der Waals surface area contributed by atoms with Crippen LogP contribution in [0.1, 0.15) is 31.4 Å². The van der Waals surface area contributed by atoms with Crippen molar-refractivity contribution < 1.29 is 18.3 Å². The Morgan fingerprint density at radius 2 is 1.89 bits per heavy atom. The van der Waals surface area contributed by atoms with E-state index in [1.54, 1.807) is 6.07 Å². The zero-order valence-electron chi connectivity index (χ0n) is 10.6. The van der Waals surface area contributed by atoms with E-state index in [1.807, 2.05) is 13.8 Å². The third kappa shape index (κ3) is 3.73. The highest BCUT2D eigenvalue weighted by molar-refractivity contribution is 5.26. The molecule has 18 heavy (non-hydrogen) atoms. The lowest BCUT2D eigenvalue weighted by molar-refractivity contribution is -0.137. The molecule has 1 aromatic rings. The molecule has 1 unspecified atom stereocenters. The summed E-state index contributed by atoms with van der Waals surface area (Å²) in [6.45, 7) is 7.27. The fourth-order valence-electron chi connectivity index (χ4n) is 1.89. The molecule has 0 aliphatic carbocycles. The summed E-state index contributed by atoms with van der Waals surface area (Å²) in [4.78, 5) is 0. The van der Waals surface area contributed by atoms with Crippen molar-refractivity contribution in [2.24, 2.45) is 5.41 Å². The van der Waals surface area contributed by atoms with Gasteiger partial charge < -0.3 is 5.11 Å². The summed E-state index contributed by atoms with van der Waals surface area (Å²) in [7, 11) is 0. The van der Waals surface area contributed by atoms with Crippen LogP contribution in [0.2, 0.25) is 0 Å². The minimum atomic E-state index is -4.33. The third-order valence-electron chi connectivity index (χ3n) is 3.09. The van der Waals surface area contributed by atoms with Crippen molar-refractivity contribution in [1.29, 1.82) is 0 Å². The molecule has 1 N–H and O–H groups in total. The van der Waals surface area contributed by atoms with Gasteiger partial charge in [0, 0.05) is 0 Å². The highest BCUT2D eigenvalue weighted by Gasteiger charge is 2.32. The first kappa shape index (κ1) is 15.0. The molecule has 0 aliphatic rings. The molecule has 0 heterocycles. The van der Waals surface area contributed by atoms with Gasteiger partial charge >= 0.3 is 6.18 Å². The van der Waals surface area contributed by atoms with Crippen molar-refractivity contribution in [3.05, 3.63) is 42.3 Å². The average molecular weight is 259 g/mol. The largest absolute Gasteiger partial charge is 0.416 e. The molecule has 1 aromatic carbocycles. The fraction of sp³-hybridized carbons (Fsp3) is 0.500. The SMILES string of the molecule is [CH2]CC(O)C(C)(C)Cc1cccc(C(F)(F)F)c1. The van der Waals surface area contributed by atoms with Gasteiger partial charge in [0.05, 0.1) is 11.7 Å². The van der Waals surface area contributed by atoms with Crippen LogP contribution in [0.25, 0.3) is 0 Å². The van der Waals surface area contributed by atoms with E-state index in [0.717, 1.165) is 12.1 Å². The number of hydrogen-bond donors (Lipinski definition) is 1. The zero-order valence-corrected chi connectivity index (χ0v) is 10.6. The van der Waals surface area contributed by atoms with Crippen LogP contribution in [0, 0.1) is 12.3 Å². The predicted molar refractivity (Wildman–Crippen MR) is 64.9 cm³/mol. The second-order valence-corrected chi connectivity index (χ2v) is 5.17. The molecule has 101 valence electrons. The molecular formula is C14H18F3O. The Morgan fingerprint density at radius 3 is 2.39 bits per heavy atom. The molecule has 0 bridgehead atoms. The van der Waals surface area contributed by atoms with Crippen molar-refractivity contribution in [3.8, 4) is 0 Å². The summed E-state index contributed by atoms with van der Waals surface area (Å²) in [6, 6.07) is 5.23. The summed E-state index contributed by atoms with van der Waals surface area (Å²) in [5, 5.41) is 9.79. The lowest BCUT2D eigenvalue weighted by Gasteiger charge is -2.30. The highest BCUT2D eigenvalue weighted by Crippen LogP contribution is 2.32. The van der Waals surface area contributed by atoms with Gasteiger partial charge in [-0.15, -0.1) is 0 Å². The molecule has 1 nitrogen and oxygen atoms in total. The van der Waals surface area contributed by atoms with E-state index in [0.29, 0.717) is 18.4 Å². The lowest BCUT2D eigenvalue weighted by Crippen LogP contribution is -2.31. The maximum Gasteiger partial charge on any atom is 0.416 e. The Balaban J connectivity index is 2.92. The topological polar surface area (TPSA) is 20.2 Å². The second-order valence-electron chi connectivity index (χ2n) is 5.17. The Labute approximate surface area is 106 Å². The maximum atomic E-state index is 12.6. The van der Waals surface area contributed by atoms with Gasteiger partial charge in [-0.25, -0.2) is 0 Å². The van der Waals surface area contributed by atoms with Crippen LogP contribution in [0.15, 0.2) is 24.3 Å². The summed E-state index contributed by atoms with van der Waals surface area (Å²) < 4.78 is 37.7. The smallest absolute Gasteiger partial charge is 0.393 e. The first-order valence-corrected chi connectivity index (χ1v) is 5.80. The summed E-state index contributed by atoms with van der Waals surface area (Å²) >= 11 is 0. The molecule has 4 heteroatoms. The molecule has 0 amide bonds. The van der Waals surface area contributed by atoms with E-state index >= 15 is 0 Å². The van der Waals surface area contributed by atoms with Crippen molar-refractivity contribution in [2.45, 2.75) is 39.0 Å². The monoisotopic (exact) mass is 259 g/mol. The molecule has 0 aliphatic heterocycles. The van der Waals surface area contributed by atoms with Crippen molar-refractivity contribution in [3.63, 3.8) is 0 Å². The third-order valence-corrected chi connectivity index (χ3v) is 3.09. The highest BCUT2D eigenvalue weighted by atomic mass is 19.4. The molecule has 0 spiro atoms. The molecule has 1 rings (SSSR count). The number of halogens is 3. The Morgan fingerprint density at radius 1 is 1.28 bits per heavy atom. The van der Waals surface area contributed by atoms with Gasteiger partial charge in [0.25, 0.3) is 0 Å². The molecule has 0 fully saturated rings. The predicted octanol–water partition coefficient (Wildman–Crippen LogP) is 3.86. The summed E-state index contributed by atoms with van der Waals surface area (Å²) in [6.07, 6.45) is -4.24. The first-order valence-electron chi connectivity index (χ1n) is 5.80. The lowest BCUT2D eigenvalue weighted by atomic mass is 9.79. The standard InChI is InChI=1S/C14H18F3O/c1-4-12(18)13(2,3)9-10-6-5-7-11(8-10)14(15,16)17/h5-8,12,18H,1,4,9H2,2-3H3. The number of rotatable bonds is 4. The first-order chi connectivity index (χ1) is 8.16. The Kier molecular flexibility index (Phi) is 4.43. The van der Waals surface area contributed by atoms with Crippen LogP contribution in [0.4, 0.5) is 13.2 Å².